The van der Waals surface area contributed by atoms with Crippen LogP contribution >= 0.6 is 0 Å². The second-order valence-corrected chi connectivity index (χ2v) is 7.32. The number of carbonyl (C=O) groups excluding carboxylic acids is 2. The molecule has 3 rings (SSSR count). The van der Waals surface area contributed by atoms with Gasteiger partial charge in [-0.3, -0.25) is 9.59 Å². The Bertz CT molecular complexity index is 1080. The molecule has 0 fully saturated rings. The van der Waals surface area contributed by atoms with Crippen molar-refractivity contribution in [2.75, 3.05) is 5.32 Å². The average molecular weight is 416 g/mol. The third-order valence-electron chi connectivity index (χ3n) is 4.90. The van der Waals surface area contributed by atoms with Crippen LogP contribution in [0.15, 0.2) is 84.9 Å². The molecule has 0 radical (unpaired) electrons. The molecule has 1 unspecified atom stereocenters. The zero-order valence-electron chi connectivity index (χ0n) is 17.6. The molecule has 0 aliphatic heterocycles. The Hall–Kier alpha value is -3.73. The molecule has 5 heteroatoms. The number of benzene rings is 3. The van der Waals surface area contributed by atoms with Gasteiger partial charge in [-0.05, 0) is 54.0 Å². The first-order valence-corrected chi connectivity index (χ1v) is 10.1. The van der Waals surface area contributed by atoms with Gasteiger partial charge in [0.1, 0.15) is 5.82 Å². The first-order chi connectivity index (χ1) is 14.9. The molecule has 0 aliphatic rings. The van der Waals surface area contributed by atoms with E-state index in [4.69, 9.17) is 0 Å². The van der Waals surface area contributed by atoms with Crippen LogP contribution in [0.3, 0.4) is 0 Å². The number of hydrogen-bond donors (Lipinski definition) is 1. The van der Waals surface area contributed by atoms with Crippen molar-refractivity contribution in [3.63, 3.8) is 0 Å². The minimum absolute atomic E-state index is 0.153. The summed E-state index contributed by atoms with van der Waals surface area (Å²) in [5.74, 6) is -0.690. The third-order valence-corrected chi connectivity index (χ3v) is 4.90. The van der Waals surface area contributed by atoms with E-state index in [2.05, 4.69) is 5.32 Å². The maximum atomic E-state index is 13.5. The van der Waals surface area contributed by atoms with Gasteiger partial charge in [-0.15, -0.1) is 0 Å². The highest BCUT2D eigenvalue weighted by Crippen LogP contribution is 2.25. The smallest absolute Gasteiger partial charge is 0.247 e. The van der Waals surface area contributed by atoms with E-state index in [0.29, 0.717) is 17.8 Å². The summed E-state index contributed by atoms with van der Waals surface area (Å²) in [5.41, 5.74) is 3.20. The van der Waals surface area contributed by atoms with Gasteiger partial charge in [0.25, 0.3) is 0 Å². The summed E-state index contributed by atoms with van der Waals surface area (Å²) in [6, 6.07) is 23.0. The maximum Gasteiger partial charge on any atom is 0.247 e. The van der Waals surface area contributed by atoms with Gasteiger partial charge in [0.05, 0.1) is 6.04 Å². The predicted molar refractivity (Wildman–Crippen MR) is 122 cm³/mol. The molecule has 3 aromatic rings. The lowest BCUT2D eigenvalue weighted by atomic mass is 10.0. The lowest BCUT2D eigenvalue weighted by Crippen LogP contribution is -2.31. The molecule has 0 saturated carbocycles. The van der Waals surface area contributed by atoms with Gasteiger partial charge in [-0.1, -0.05) is 54.6 Å². The molecule has 31 heavy (non-hydrogen) atoms. The molecule has 0 aromatic heterocycles. The van der Waals surface area contributed by atoms with E-state index in [9.17, 15) is 14.0 Å². The molecule has 3 aromatic carbocycles. The van der Waals surface area contributed by atoms with Crippen molar-refractivity contribution in [1.29, 1.82) is 0 Å². The predicted octanol–water partition coefficient (Wildman–Crippen LogP) is 5.59. The first-order valence-electron chi connectivity index (χ1n) is 10.1. The van der Waals surface area contributed by atoms with Crippen LogP contribution in [0.4, 0.5) is 10.1 Å². The summed E-state index contributed by atoms with van der Waals surface area (Å²) in [5, 5.41) is 2.78. The van der Waals surface area contributed by atoms with E-state index in [0.717, 1.165) is 11.1 Å². The number of amides is 2. The second-order valence-electron chi connectivity index (χ2n) is 7.32. The Morgan fingerprint density at radius 3 is 2.45 bits per heavy atom. The third kappa shape index (κ3) is 6.37. The molecular weight excluding hydrogens is 391 g/mol. The zero-order chi connectivity index (χ0) is 22.2. The number of carbonyl (C=O) groups is 2. The van der Waals surface area contributed by atoms with Crippen LogP contribution in [-0.4, -0.2) is 16.7 Å². The number of nitrogens with one attached hydrogen (secondary N) is 1. The van der Waals surface area contributed by atoms with Gasteiger partial charge in [0, 0.05) is 25.2 Å². The monoisotopic (exact) mass is 416 g/mol. The summed E-state index contributed by atoms with van der Waals surface area (Å²) >= 11 is 0. The summed E-state index contributed by atoms with van der Waals surface area (Å²) < 4.78 is 13.5. The van der Waals surface area contributed by atoms with Crippen molar-refractivity contribution < 1.29 is 14.0 Å². The molecule has 2 amide bonds. The fourth-order valence-corrected chi connectivity index (χ4v) is 3.32. The van der Waals surface area contributed by atoms with Gasteiger partial charge < -0.3 is 10.2 Å². The molecule has 0 heterocycles. The van der Waals surface area contributed by atoms with Crippen molar-refractivity contribution in [2.24, 2.45) is 0 Å². The molecule has 0 aliphatic carbocycles. The molecule has 0 saturated heterocycles. The van der Waals surface area contributed by atoms with E-state index in [1.54, 1.807) is 23.1 Å². The van der Waals surface area contributed by atoms with Crippen molar-refractivity contribution in [2.45, 2.75) is 26.4 Å². The Kier molecular flexibility index (Phi) is 7.33. The fraction of sp³-hybridized carbons (Fsp3) is 0.154. The first kappa shape index (κ1) is 22.0. The normalized spacial score (nSPS) is 11.8. The van der Waals surface area contributed by atoms with Gasteiger partial charge in [-0.2, -0.15) is 0 Å². The highest BCUT2D eigenvalue weighted by Gasteiger charge is 2.20. The number of rotatable bonds is 7. The molecule has 4 nitrogen and oxygen atoms in total. The van der Waals surface area contributed by atoms with Crippen LogP contribution in [0.25, 0.3) is 6.08 Å². The maximum absolute atomic E-state index is 13.5. The van der Waals surface area contributed by atoms with Gasteiger partial charge in [0.15, 0.2) is 0 Å². The van der Waals surface area contributed by atoms with E-state index < -0.39 is 0 Å². The number of hydrogen-bond acceptors (Lipinski definition) is 2. The van der Waals surface area contributed by atoms with Gasteiger partial charge in [0.2, 0.25) is 11.8 Å². The van der Waals surface area contributed by atoms with E-state index in [-0.39, 0.29) is 23.7 Å². The Morgan fingerprint density at radius 2 is 1.74 bits per heavy atom. The standard InChI is InChI=1S/C26H25FN2O2/c1-19(23-11-7-13-25(17-23)28-20(2)30)29(18-22-8-4-3-5-9-22)26(31)15-14-21-10-6-12-24(27)16-21/h3-17,19H,18H2,1-2H3,(H,28,30)/b15-14+. The van der Waals surface area contributed by atoms with E-state index >= 15 is 0 Å². The number of nitrogens with zero attached hydrogens (tertiary/aromatic N) is 1. The zero-order valence-corrected chi connectivity index (χ0v) is 17.6. The minimum atomic E-state index is -0.348. The van der Waals surface area contributed by atoms with Crippen LogP contribution < -0.4 is 5.32 Å². The van der Waals surface area contributed by atoms with E-state index in [1.165, 1.54) is 25.1 Å². The summed E-state index contributed by atoms with van der Waals surface area (Å²) in [6.45, 7) is 3.82. The SMILES string of the molecule is CC(=O)Nc1cccc(C(C)N(Cc2ccccc2)C(=O)/C=C/c2cccc(F)c2)c1. The van der Waals surface area contributed by atoms with E-state index in [1.807, 2.05) is 61.5 Å². The molecule has 1 N–H and O–H groups in total. The fourth-order valence-electron chi connectivity index (χ4n) is 3.32. The second kappa shape index (κ2) is 10.3. The molecule has 1 atom stereocenters. The largest absolute Gasteiger partial charge is 0.328 e. The molecular formula is C26H25FN2O2. The number of halogens is 1. The highest BCUT2D eigenvalue weighted by atomic mass is 19.1. The summed E-state index contributed by atoms with van der Waals surface area (Å²) in [7, 11) is 0. The quantitative estimate of drug-likeness (QED) is 0.511. The summed E-state index contributed by atoms with van der Waals surface area (Å²) in [6.07, 6.45) is 3.08. The Balaban J connectivity index is 1.88. The van der Waals surface area contributed by atoms with Gasteiger partial charge >= 0.3 is 0 Å². The lowest BCUT2D eigenvalue weighted by molar-refractivity contribution is -0.128. The van der Waals surface area contributed by atoms with Crippen LogP contribution in [0, 0.1) is 5.82 Å². The lowest BCUT2D eigenvalue weighted by Gasteiger charge is -2.29. The van der Waals surface area contributed by atoms with Crippen molar-refractivity contribution in [1.82, 2.24) is 4.90 Å². The van der Waals surface area contributed by atoms with Crippen LogP contribution in [-0.2, 0) is 16.1 Å². The van der Waals surface area contributed by atoms with Crippen molar-refractivity contribution in [3.8, 4) is 0 Å². The van der Waals surface area contributed by atoms with Crippen LogP contribution in [0.1, 0.15) is 36.6 Å². The Morgan fingerprint density at radius 1 is 1.00 bits per heavy atom. The topological polar surface area (TPSA) is 49.4 Å². The summed E-state index contributed by atoms with van der Waals surface area (Å²) in [4.78, 5) is 26.3. The minimum Gasteiger partial charge on any atom is -0.328 e. The molecule has 0 spiro atoms. The Labute approximate surface area is 182 Å². The average Bonchev–Trinajstić information content (AvgIpc) is 2.76. The molecule has 158 valence electrons. The van der Waals surface area contributed by atoms with Gasteiger partial charge in [-0.25, -0.2) is 4.39 Å². The number of anilines is 1. The van der Waals surface area contributed by atoms with Crippen molar-refractivity contribution >= 4 is 23.6 Å². The van der Waals surface area contributed by atoms with Crippen LogP contribution in [0.5, 0.6) is 0 Å². The highest BCUT2D eigenvalue weighted by molar-refractivity contribution is 5.92. The van der Waals surface area contributed by atoms with Crippen LogP contribution in [0.2, 0.25) is 0 Å². The molecule has 0 bridgehead atoms. The van der Waals surface area contributed by atoms with Crippen molar-refractivity contribution in [3.05, 3.63) is 107 Å².